The van der Waals surface area contributed by atoms with Gasteiger partial charge in [0.2, 0.25) is 6.10 Å². The zero-order chi connectivity index (χ0) is 18.5. The molecule has 2 heterocycles. The summed E-state index contributed by atoms with van der Waals surface area (Å²) < 4.78 is 0. The van der Waals surface area contributed by atoms with Crippen LogP contribution in [0.5, 0.6) is 0 Å². The van der Waals surface area contributed by atoms with E-state index in [0.29, 0.717) is 13.0 Å². The first-order chi connectivity index (χ1) is 13.3. The third-order valence-electron chi connectivity index (χ3n) is 4.85. The molecule has 0 aliphatic carbocycles. The normalized spacial score (nSPS) is 19.3. The lowest BCUT2D eigenvalue weighted by molar-refractivity contribution is -0.131. The van der Waals surface area contributed by atoms with Gasteiger partial charge in [0.15, 0.2) is 0 Å². The highest BCUT2D eigenvalue weighted by molar-refractivity contribution is 7.99. The zero-order valence-corrected chi connectivity index (χ0v) is 16.0. The molecule has 140 valence electrons. The van der Waals surface area contributed by atoms with Crippen molar-refractivity contribution in [1.82, 2.24) is 5.32 Å². The average Bonchev–Trinajstić information content (AvgIpc) is 3.24. The summed E-state index contributed by atoms with van der Waals surface area (Å²) in [6.07, 6.45) is -0.0489. The number of anilines is 1. The number of hydrogen-bond donors (Lipinski definition) is 1. The summed E-state index contributed by atoms with van der Waals surface area (Å²) >= 11 is 2.01. The lowest BCUT2D eigenvalue weighted by atomic mass is 10.0. The van der Waals surface area contributed by atoms with Gasteiger partial charge in [0.05, 0.1) is 5.71 Å². The van der Waals surface area contributed by atoms with E-state index in [1.54, 1.807) is 0 Å². The maximum Gasteiger partial charge on any atom is 0.264 e. The van der Waals surface area contributed by atoms with Crippen LogP contribution in [-0.4, -0.2) is 42.3 Å². The van der Waals surface area contributed by atoms with E-state index in [1.807, 2.05) is 42.1 Å². The molecule has 1 fully saturated rings. The van der Waals surface area contributed by atoms with Crippen LogP contribution in [0.4, 0.5) is 5.69 Å². The molecule has 0 aromatic heterocycles. The molecule has 0 spiro atoms. The zero-order valence-electron chi connectivity index (χ0n) is 15.1. The Morgan fingerprint density at radius 3 is 2.59 bits per heavy atom. The van der Waals surface area contributed by atoms with E-state index >= 15 is 0 Å². The van der Waals surface area contributed by atoms with Gasteiger partial charge in [-0.25, -0.2) is 0 Å². The molecule has 1 atom stereocenters. The highest BCUT2D eigenvalue weighted by Crippen LogP contribution is 2.20. The topological polar surface area (TPSA) is 53.9 Å². The fraction of sp³-hybridized carbons (Fsp3) is 0.333. The molecule has 2 aliphatic rings. The largest absolute Gasteiger partial charge is 0.382 e. The molecule has 0 saturated carbocycles. The molecule has 0 radical (unpaired) electrons. The van der Waals surface area contributed by atoms with Gasteiger partial charge in [-0.2, -0.15) is 11.8 Å². The molecule has 0 unspecified atom stereocenters. The minimum Gasteiger partial charge on any atom is -0.382 e. The fourth-order valence-electron chi connectivity index (χ4n) is 3.27. The third-order valence-corrected chi connectivity index (χ3v) is 5.79. The molecule has 0 bridgehead atoms. The number of carbonyl (C=O) groups is 1. The van der Waals surface area contributed by atoms with Crippen molar-refractivity contribution in [2.45, 2.75) is 19.1 Å². The van der Waals surface area contributed by atoms with Gasteiger partial charge in [0.1, 0.15) is 0 Å². The van der Waals surface area contributed by atoms with Gasteiger partial charge >= 0.3 is 0 Å². The number of thioether (sulfide) groups is 1. The maximum atomic E-state index is 12.4. The van der Waals surface area contributed by atoms with Gasteiger partial charge < -0.3 is 15.1 Å². The summed E-state index contributed by atoms with van der Waals surface area (Å²) in [4.78, 5) is 20.1. The number of rotatable bonds is 5. The number of nitrogens with zero attached hydrogens (tertiary/aromatic N) is 2. The van der Waals surface area contributed by atoms with Gasteiger partial charge in [-0.15, -0.1) is 0 Å². The second-order valence-corrected chi connectivity index (χ2v) is 7.91. The van der Waals surface area contributed by atoms with Gasteiger partial charge in [0.25, 0.3) is 5.91 Å². The van der Waals surface area contributed by atoms with E-state index in [0.717, 1.165) is 29.9 Å². The first kappa shape index (κ1) is 17.9. The molecule has 4 rings (SSSR count). The van der Waals surface area contributed by atoms with Crippen molar-refractivity contribution in [1.29, 1.82) is 0 Å². The maximum absolute atomic E-state index is 12.4. The third kappa shape index (κ3) is 4.45. The SMILES string of the molecule is O=C(NCc1ccc(N2CCSCC2)cc1)[C@@H]1CC(c2ccccc2)=NO1. The quantitative estimate of drug-likeness (QED) is 0.865. The number of hydrogen-bond acceptors (Lipinski definition) is 5. The number of oxime groups is 1. The molecule has 27 heavy (non-hydrogen) atoms. The summed E-state index contributed by atoms with van der Waals surface area (Å²) in [6, 6.07) is 18.3. The number of nitrogens with one attached hydrogen (secondary N) is 1. The van der Waals surface area contributed by atoms with Crippen molar-refractivity contribution in [3.63, 3.8) is 0 Å². The van der Waals surface area contributed by atoms with E-state index in [9.17, 15) is 4.79 Å². The van der Waals surface area contributed by atoms with Crippen LogP contribution in [0.15, 0.2) is 59.8 Å². The van der Waals surface area contributed by atoms with E-state index in [2.05, 4.69) is 39.6 Å². The van der Waals surface area contributed by atoms with Crippen molar-refractivity contribution in [3.8, 4) is 0 Å². The standard InChI is InChI=1S/C21H23N3O2S/c25-21(20-14-19(23-26-20)17-4-2-1-3-5-17)22-15-16-6-8-18(9-7-16)24-10-12-27-13-11-24/h1-9,20H,10-15H2,(H,22,25)/t20-/m0/s1. The summed E-state index contributed by atoms with van der Waals surface area (Å²) in [6.45, 7) is 2.70. The van der Waals surface area contributed by atoms with Crippen molar-refractivity contribution in [3.05, 3.63) is 65.7 Å². The van der Waals surface area contributed by atoms with Crippen LogP contribution in [0.1, 0.15) is 17.5 Å². The molecule has 1 saturated heterocycles. The predicted octanol–water partition coefficient (Wildman–Crippen LogP) is 3.05. The second kappa shape index (κ2) is 8.48. The molecular weight excluding hydrogens is 358 g/mol. The lowest BCUT2D eigenvalue weighted by Crippen LogP contribution is -2.34. The monoisotopic (exact) mass is 381 g/mol. The Balaban J connectivity index is 1.27. The average molecular weight is 382 g/mol. The van der Waals surface area contributed by atoms with Gasteiger partial charge in [0, 0.05) is 43.2 Å². The Bertz CT molecular complexity index is 802. The minimum absolute atomic E-state index is 0.123. The van der Waals surface area contributed by atoms with E-state index in [-0.39, 0.29) is 5.91 Å². The van der Waals surface area contributed by atoms with Crippen LogP contribution in [0.2, 0.25) is 0 Å². The van der Waals surface area contributed by atoms with Crippen LogP contribution in [0.3, 0.4) is 0 Å². The van der Waals surface area contributed by atoms with Crippen LogP contribution >= 0.6 is 11.8 Å². The Morgan fingerprint density at radius 1 is 1.11 bits per heavy atom. The van der Waals surface area contributed by atoms with Crippen LogP contribution in [0, 0.1) is 0 Å². The summed E-state index contributed by atoms with van der Waals surface area (Å²) in [5.74, 6) is 2.25. The van der Waals surface area contributed by atoms with E-state index < -0.39 is 6.10 Å². The summed E-state index contributed by atoms with van der Waals surface area (Å²) in [5.41, 5.74) is 4.16. The molecule has 1 N–H and O–H groups in total. The molecule has 2 aromatic carbocycles. The Morgan fingerprint density at radius 2 is 1.85 bits per heavy atom. The van der Waals surface area contributed by atoms with Crippen molar-refractivity contribution < 1.29 is 9.63 Å². The molecule has 2 aromatic rings. The highest BCUT2D eigenvalue weighted by atomic mass is 32.2. The molecular formula is C21H23N3O2S. The first-order valence-corrected chi connectivity index (χ1v) is 10.4. The van der Waals surface area contributed by atoms with E-state index in [1.165, 1.54) is 17.2 Å². The smallest absolute Gasteiger partial charge is 0.264 e. The van der Waals surface area contributed by atoms with Crippen molar-refractivity contribution >= 4 is 29.1 Å². The Labute approximate surface area is 163 Å². The first-order valence-electron chi connectivity index (χ1n) is 9.27. The lowest BCUT2D eigenvalue weighted by Gasteiger charge is -2.28. The molecule has 6 heteroatoms. The van der Waals surface area contributed by atoms with Crippen molar-refractivity contribution in [2.75, 3.05) is 29.5 Å². The van der Waals surface area contributed by atoms with Gasteiger partial charge in [-0.1, -0.05) is 47.6 Å². The van der Waals surface area contributed by atoms with Crippen LogP contribution in [-0.2, 0) is 16.2 Å². The number of benzene rings is 2. The summed E-state index contributed by atoms with van der Waals surface area (Å²) in [7, 11) is 0. The van der Waals surface area contributed by atoms with Crippen LogP contribution < -0.4 is 10.2 Å². The second-order valence-electron chi connectivity index (χ2n) is 6.69. The summed E-state index contributed by atoms with van der Waals surface area (Å²) in [5, 5.41) is 7.03. The number of carbonyl (C=O) groups excluding carboxylic acids is 1. The van der Waals surface area contributed by atoms with E-state index in [4.69, 9.17) is 4.84 Å². The van der Waals surface area contributed by atoms with Crippen LogP contribution in [0.25, 0.3) is 0 Å². The highest BCUT2D eigenvalue weighted by Gasteiger charge is 2.28. The molecule has 2 aliphatic heterocycles. The van der Waals surface area contributed by atoms with Crippen molar-refractivity contribution in [2.24, 2.45) is 5.16 Å². The molecule has 1 amide bonds. The minimum atomic E-state index is -0.551. The van der Waals surface area contributed by atoms with Gasteiger partial charge in [-0.05, 0) is 23.3 Å². The van der Waals surface area contributed by atoms with Gasteiger partial charge in [-0.3, -0.25) is 4.79 Å². The number of amides is 1. The Hall–Kier alpha value is -2.47. The predicted molar refractivity (Wildman–Crippen MR) is 110 cm³/mol. The fourth-order valence-corrected chi connectivity index (χ4v) is 4.17. The Kier molecular flexibility index (Phi) is 5.63. The molecule has 5 nitrogen and oxygen atoms in total.